The predicted octanol–water partition coefficient (Wildman–Crippen LogP) is 4.64. The van der Waals surface area contributed by atoms with Gasteiger partial charge in [0.1, 0.15) is 5.60 Å². The Morgan fingerprint density at radius 1 is 0.967 bits per heavy atom. The van der Waals surface area contributed by atoms with Crippen LogP contribution in [0.2, 0.25) is 0 Å². The summed E-state index contributed by atoms with van der Waals surface area (Å²) in [5.74, 6) is -0.149. The van der Waals surface area contributed by atoms with Crippen LogP contribution in [-0.2, 0) is 4.74 Å². The van der Waals surface area contributed by atoms with Crippen molar-refractivity contribution in [2.45, 2.75) is 26.4 Å². The second-order valence-electron chi connectivity index (χ2n) is 8.28. The van der Waals surface area contributed by atoms with Gasteiger partial charge in [-0.3, -0.25) is 4.79 Å². The molecule has 0 bridgehead atoms. The Labute approximate surface area is 178 Å². The van der Waals surface area contributed by atoms with Crippen LogP contribution < -0.4 is 10.2 Å². The zero-order chi connectivity index (χ0) is 21.7. The van der Waals surface area contributed by atoms with Crippen molar-refractivity contribution in [1.29, 1.82) is 0 Å². The average Bonchev–Trinajstić information content (AvgIpc) is 2.73. The molecule has 1 heterocycles. The SMILES string of the molecule is C=Cc1ccc(C(=O)Nc2ccc(N3CCN(C(=O)OC(C)(C)C)CC3)cc2)cc1. The van der Waals surface area contributed by atoms with Crippen LogP contribution in [-0.4, -0.2) is 48.7 Å². The number of hydrogen-bond acceptors (Lipinski definition) is 4. The van der Waals surface area contributed by atoms with E-state index in [1.807, 2.05) is 57.2 Å². The van der Waals surface area contributed by atoms with Crippen LogP contribution in [0.5, 0.6) is 0 Å². The number of carbonyl (C=O) groups excluding carboxylic acids is 2. The van der Waals surface area contributed by atoms with Crippen LogP contribution in [0.15, 0.2) is 55.1 Å². The van der Waals surface area contributed by atoms with Gasteiger partial charge in [-0.25, -0.2) is 4.79 Å². The molecule has 30 heavy (non-hydrogen) atoms. The van der Waals surface area contributed by atoms with E-state index < -0.39 is 5.60 Å². The fourth-order valence-corrected chi connectivity index (χ4v) is 3.20. The van der Waals surface area contributed by atoms with Gasteiger partial charge < -0.3 is 19.9 Å². The van der Waals surface area contributed by atoms with Crippen molar-refractivity contribution in [1.82, 2.24) is 4.90 Å². The third-order valence-electron chi connectivity index (χ3n) is 4.83. The highest BCUT2D eigenvalue weighted by molar-refractivity contribution is 6.04. The van der Waals surface area contributed by atoms with Crippen molar-refractivity contribution in [2.24, 2.45) is 0 Å². The zero-order valence-electron chi connectivity index (χ0n) is 17.9. The number of ether oxygens (including phenoxy) is 1. The van der Waals surface area contributed by atoms with Crippen molar-refractivity contribution >= 4 is 29.5 Å². The molecule has 0 aliphatic carbocycles. The molecule has 0 saturated carbocycles. The van der Waals surface area contributed by atoms with Crippen molar-refractivity contribution in [3.8, 4) is 0 Å². The maximum atomic E-state index is 12.4. The summed E-state index contributed by atoms with van der Waals surface area (Å²) in [4.78, 5) is 28.6. The summed E-state index contributed by atoms with van der Waals surface area (Å²) in [5, 5.41) is 2.92. The van der Waals surface area contributed by atoms with Gasteiger partial charge >= 0.3 is 6.09 Å². The normalized spacial score (nSPS) is 14.2. The molecule has 0 aromatic heterocycles. The maximum Gasteiger partial charge on any atom is 0.410 e. The van der Waals surface area contributed by atoms with E-state index in [0.717, 1.165) is 30.0 Å². The predicted molar refractivity (Wildman–Crippen MR) is 121 cm³/mol. The number of amides is 2. The van der Waals surface area contributed by atoms with Crippen LogP contribution in [0, 0.1) is 0 Å². The van der Waals surface area contributed by atoms with Crippen molar-refractivity contribution in [2.75, 3.05) is 36.4 Å². The van der Waals surface area contributed by atoms with Crippen molar-refractivity contribution in [3.63, 3.8) is 0 Å². The molecule has 0 radical (unpaired) electrons. The van der Waals surface area contributed by atoms with Crippen LogP contribution in [0.4, 0.5) is 16.2 Å². The number of nitrogens with zero attached hydrogens (tertiary/aromatic N) is 2. The van der Waals surface area contributed by atoms with Gasteiger partial charge in [-0.2, -0.15) is 0 Å². The topological polar surface area (TPSA) is 61.9 Å². The summed E-state index contributed by atoms with van der Waals surface area (Å²) in [5.41, 5.74) is 2.89. The molecule has 2 aromatic carbocycles. The second-order valence-corrected chi connectivity index (χ2v) is 8.28. The number of piperazine rings is 1. The first-order chi connectivity index (χ1) is 14.2. The average molecular weight is 408 g/mol. The molecular formula is C24H29N3O3. The van der Waals surface area contributed by atoms with Gasteiger partial charge in [0.2, 0.25) is 0 Å². The van der Waals surface area contributed by atoms with Gasteiger partial charge in [0.05, 0.1) is 0 Å². The third-order valence-corrected chi connectivity index (χ3v) is 4.83. The number of rotatable bonds is 4. The van der Waals surface area contributed by atoms with E-state index in [-0.39, 0.29) is 12.0 Å². The molecule has 0 atom stereocenters. The van der Waals surface area contributed by atoms with Gasteiger partial charge in [0.25, 0.3) is 5.91 Å². The summed E-state index contributed by atoms with van der Waals surface area (Å²) < 4.78 is 5.44. The van der Waals surface area contributed by atoms with E-state index in [2.05, 4.69) is 16.8 Å². The standard InChI is InChI=1S/C24H29N3O3/c1-5-18-6-8-19(9-7-18)22(28)25-20-10-12-21(13-11-20)26-14-16-27(17-15-26)23(29)30-24(2,3)4/h5-13H,1,14-17H2,2-4H3,(H,25,28). The molecule has 6 heteroatoms. The first-order valence-electron chi connectivity index (χ1n) is 10.1. The molecule has 2 amide bonds. The van der Waals surface area contributed by atoms with E-state index in [4.69, 9.17) is 4.74 Å². The molecule has 158 valence electrons. The van der Waals surface area contributed by atoms with E-state index in [1.54, 1.807) is 23.1 Å². The Hall–Kier alpha value is -3.28. The molecule has 1 saturated heterocycles. The fourth-order valence-electron chi connectivity index (χ4n) is 3.20. The first-order valence-corrected chi connectivity index (χ1v) is 10.1. The lowest BCUT2D eigenvalue weighted by molar-refractivity contribution is 0.0240. The lowest BCUT2D eigenvalue weighted by Gasteiger charge is -2.36. The van der Waals surface area contributed by atoms with E-state index in [1.165, 1.54) is 0 Å². The Bertz CT molecular complexity index is 891. The molecule has 1 aliphatic rings. The molecule has 1 fully saturated rings. The Morgan fingerprint density at radius 2 is 1.57 bits per heavy atom. The quantitative estimate of drug-likeness (QED) is 0.802. The summed E-state index contributed by atoms with van der Waals surface area (Å²) >= 11 is 0. The molecular weight excluding hydrogens is 378 g/mol. The molecule has 3 rings (SSSR count). The minimum absolute atomic E-state index is 0.149. The van der Waals surface area contributed by atoms with Crippen molar-refractivity contribution in [3.05, 3.63) is 66.2 Å². The van der Waals surface area contributed by atoms with E-state index >= 15 is 0 Å². The minimum Gasteiger partial charge on any atom is -0.444 e. The first kappa shape index (κ1) is 21.4. The molecule has 0 spiro atoms. The lowest BCUT2D eigenvalue weighted by Crippen LogP contribution is -2.50. The minimum atomic E-state index is -0.484. The largest absolute Gasteiger partial charge is 0.444 e. The van der Waals surface area contributed by atoms with Gasteiger partial charge in [-0.05, 0) is 62.7 Å². The Balaban J connectivity index is 1.54. The van der Waals surface area contributed by atoms with E-state index in [0.29, 0.717) is 18.7 Å². The molecule has 0 unspecified atom stereocenters. The second kappa shape index (κ2) is 9.03. The summed E-state index contributed by atoms with van der Waals surface area (Å²) in [6.07, 6.45) is 1.48. The van der Waals surface area contributed by atoms with Crippen LogP contribution >= 0.6 is 0 Å². The monoisotopic (exact) mass is 407 g/mol. The van der Waals surface area contributed by atoms with Crippen molar-refractivity contribution < 1.29 is 14.3 Å². The van der Waals surface area contributed by atoms with E-state index in [9.17, 15) is 9.59 Å². The summed E-state index contributed by atoms with van der Waals surface area (Å²) in [7, 11) is 0. The molecule has 1 N–H and O–H groups in total. The maximum absolute atomic E-state index is 12.4. The highest BCUT2D eigenvalue weighted by Crippen LogP contribution is 2.21. The van der Waals surface area contributed by atoms with Gasteiger partial charge in [0, 0.05) is 43.1 Å². The van der Waals surface area contributed by atoms with Gasteiger partial charge in [-0.1, -0.05) is 24.8 Å². The smallest absolute Gasteiger partial charge is 0.410 e. The molecule has 6 nitrogen and oxygen atoms in total. The van der Waals surface area contributed by atoms with Crippen LogP contribution in [0.3, 0.4) is 0 Å². The lowest BCUT2D eigenvalue weighted by atomic mass is 10.1. The highest BCUT2D eigenvalue weighted by atomic mass is 16.6. The third kappa shape index (κ3) is 5.63. The summed E-state index contributed by atoms with van der Waals surface area (Å²) in [6, 6.07) is 15.1. The van der Waals surface area contributed by atoms with Gasteiger partial charge in [-0.15, -0.1) is 0 Å². The fraction of sp³-hybridized carbons (Fsp3) is 0.333. The Morgan fingerprint density at radius 3 is 2.10 bits per heavy atom. The van der Waals surface area contributed by atoms with Crippen LogP contribution in [0.25, 0.3) is 6.08 Å². The number of carbonyl (C=O) groups is 2. The number of nitrogens with one attached hydrogen (secondary N) is 1. The van der Waals surface area contributed by atoms with Crippen LogP contribution in [0.1, 0.15) is 36.7 Å². The number of benzene rings is 2. The molecule has 2 aromatic rings. The number of hydrogen-bond donors (Lipinski definition) is 1. The highest BCUT2D eigenvalue weighted by Gasteiger charge is 2.25. The number of anilines is 2. The summed E-state index contributed by atoms with van der Waals surface area (Å²) in [6.45, 7) is 12.0. The Kier molecular flexibility index (Phi) is 6.45. The zero-order valence-corrected chi connectivity index (χ0v) is 17.9. The molecule has 1 aliphatic heterocycles. The van der Waals surface area contributed by atoms with Gasteiger partial charge in [0.15, 0.2) is 0 Å².